The third-order valence-electron chi connectivity index (χ3n) is 3.24. The summed E-state index contributed by atoms with van der Waals surface area (Å²) < 4.78 is 26.2. The van der Waals surface area contributed by atoms with Crippen molar-refractivity contribution in [3.8, 4) is 0 Å². The van der Waals surface area contributed by atoms with E-state index in [-0.39, 0.29) is 11.4 Å². The van der Waals surface area contributed by atoms with Crippen molar-refractivity contribution < 1.29 is 13.6 Å². The zero-order chi connectivity index (χ0) is 16.4. The summed E-state index contributed by atoms with van der Waals surface area (Å²) in [6, 6.07) is 3.79. The van der Waals surface area contributed by atoms with E-state index in [2.05, 4.69) is 25.6 Å². The fourth-order valence-corrected chi connectivity index (χ4v) is 2.06. The van der Waals surface area contributed by atoms with Gasteiger partial charge in [0.1, 0.15) is 5.82 Å². The van der Waals surface area contributed by atoms with E-state index in [0.29, 0.717) is 5.69 Å². The summed E-state index contributed by atoms with van der Waals surface area (Å²) in [6.07, 6.45) is 5.93. The third kappa shape index (κ3) is 3.25. The second-order valence-corrected chi connectivity index (χ2v) is 5.02. The van der Waals surface area contributed by atoms with Crippen molar-refractivity contribution >= 4 is 28.4 Å². The van der Waals surface area contributed by atoms with Crippen molar-refractivity contribution in [2.75, 3.05) is 10.6 Å². The number of anilines is 2. The number of aromatic amines is 1. The Kier molecular flexibility index (Phi) is 3.65. The van der Waals surface area contributed by atoms with Crippen LogP contribution in [0.15, 0.2) is 43.0 Å². The highest BCUT2D eigenvalue weighted by Gasteiger charge is 2.24. The molecule has 0 fully saturated rings. The van der Waals surface area contributed by atoms with Gasteiger partial charge in [0.2, 0.25) is 0 Å². The second-order valence-electron chi connectivity index (χ2n) is 5.02. The summed E-state index contributed by atoms with van der Waals surface area (Å²) in [5.74, 6) is -2.79. The minimum absolute atomic E-state index is 0.175. The molecule has 0 aliphatic carbocycles. The molecule has 3 aromatic rings. The van der Waals surface area contributed by atoms with Crippen LogP contribution in [0.5, 0.6) is 0 Å². The van der Waals surface area contributed by atoms with Crippen LogP contribution in [-0.2, 0) is 5.92 Å². The molecule has 3 N–H and O–H groups in total. The van der Waals surface area contributed by atoms with Gasteiger partial charge >= 0.3 is 6.03 Å². The van der Waals surface area contributed by atoms with Gasteiger partial charge in [-0.1, -0.05) is 0 Å². The Bertz CT molecular complexity index is 839. The van der Waals surface area contributed by atoms with Crippen LogP contribution in [0.3, 0.4) is 0 Å². The standard InChI is InChI=1S/C15H13F2N5O/c1-15(16,17)9-2-3-13(20-6-9)22-14(23)21-12-8-19-11-4-5-18-7-10(11)12/h2-8,19H,1H3,(H2,20,21,22,23). The van der Waals surface area contributed by atoms with Crippen molar-refractivity contribution in [1.29, 1.82) is 0 Å². The molecule has 2 amide bonds. The Balaban J connectivity index is 1.70. The maximum atomic E-state index is 13.1. The molecule has 0 radical (unpaired) electrons. The van der Waals surface area contributed by atoms with E-state index >= 15 is 0 Å². The van der Waals surface area contributed by atoms with Crippen molar-refractivity contribution in [1.82, 2.24) is 15.0 Å². The number of alkyl halides is 2. The molecule has 0 spiro atoms. The Hall–Kier alpha value is -3.03. The van der Waals surface area contributed by atoms with Gasteiger partial charge in [0.05, 0.1) is 11.2 Å². The summed E-state index contributed by atoms with van der Waals surface area (Å²) in [5, 5.41) is 5.89. The molecule has 0 bridgehead atoms. The number of hydrogen-bond acceptors (Lipinski definition) is 3. The fourth-order valence-electron chi connectivity index (χ4n) is 2.06. The van der Waals surface area contributed by atoms with E-state index in [1.165, 1.54) is 12.1 Å². The Labute approximate surface area is 130 Å². The molecule has 0 aliphatic rings. The lowest BCUT2D eigenvalue weighted by molar-refractivity contribution is 0.0171. The molecule has 23 heavy (non-hydrogen) atoms. The molecule has 3 rings (SSSR count). The van der Waals surface area contributed by atoms with E-state index in [4.69, 9.17) is 0 Å². The maximum absolute atomic E-state index is 13.1. The highest BCUT2D eigenvalue weighted by atomic mass is 19.3. The van der Waals surface area contributed by atoms with Crippen molar-refractivity contribution in [3.63, 3.8) is 0 Å². The molecule has 0 unspecified atom stereocenters. The average Bonchev–Trinajstić information content (AvgIpc) is 2.90. The third-order valence-corrected chi connectivity index (χ3v) is 3.24. The SMILES string of the molecule is CC(F)(F)c1ccc(NC(=O)Nc2c[nH]c3ccncc23)nc1. The second kappa shape index (κ2) is 5.64. The number of halogens is 2. The first-order chi connectivity index (χ1) is 10.9. The number of nitrogens with zero attached hydrogens (tertiary/aromatic N) is 2. The van der Waals surface area contributed by atoms with Gasteiger partial charge in [0.25, 0.3) is 5.92 Å². The molecule has 0 aliphatic heterocycles. The first-order valence-corrected chi connectivity index (χ1v) is 6.77. The minimum Gasteiger partial charge on any atom is -0.359 e. The van der Waals surface area contributed by atoms with Crippen molar-refractivity contribution in [2.24, 2.45) is 0 Å². The number of aromatic nitrogens is 3. The topological polar surface area (TPSA) is 82.7 Å². The smallest absolute Gasteiger partial charge is 0.324 e. The molecule has 3 heterocycles. The summed E-state index contributed by atoms with van der Waals surface area (Å²) in [4.78, 5) is 22.8. The first-order valence-electron chi connectivity index (χ1n) is 6.77. The number of urea groups is 1. The van der Waals surface area contributed by atoms with Crippen molar-refractivity contribution in [2.45, 2.75) is 12.8 Å². The normalized spacial score (nSPS) is 11.4. The predicted molar refractivity (Wildman–Crippen MR) is 82.5 cm³/mol. The van der Waals surface area contributed by atoms with Gasteiger partial charge in [-0.05, 0) is 18.2 Å². The number of carbonyl (C=O) groups excluding carboxylic acids is 1. The van der Waals surface area contributed by atoms with Crippen LogP contribution < -0.4 is 10.6 Å². The van der Waals surface area contributed by atoms with Gasteiger partial charge in [0, 0.05) is 42.7 Å². The van der Waals surface area contributed by atoms with Gasteiger partial charge in [-0.25, -0.2) is 18.6 Å². The molecule has 0 aromatic carbocycles. The van der Waals surface area contributed by atoms with E-state index in [1.807, 2.05) is 0 Å². The molecule has 8 heteroatoms. The monoisotopic (exact) mass is 317 g/mol. The Morgan fingerprint density at radius 3 is 2.74 bits per heavy atom. The summed E-state index contributed by atoms with van der Waals surface area (Å²) in [7, 11) is 0. The van der Waals surface area contributed by atoms with Crippen LogP contribution >= 0.6 is 0 Å². The average molecular weight is 317 g/mol. The maximum Gasteiger partial charge on any atom is 0.324 e. The molecular formula is C15H13F2N5O. The quantitative estimate of drug-likeness (QED) is 0.688. The van der Waals surface area contributed by atoms with Gasteiger partial charge in [0.15, 0.2) is 0 Å². The zero-order valence-corrected chi connectivity index (χ0v) is 12.1. The first kappa shape index (κ1) is 14.9. The van der Waals surface area contributed by atoms with Gasteiger partial charge in [-0.2, -0.15) is 0 Å². The summed E-state index contributed by atoms with van der Waals surface area (Å²) in [6.45, 7) is 0.787. The summed E-state index contributed by atoms with van der Waals surface area (Å²) >= 11 is 0. The Morgan fingerprint density at radius 1 is 1.22 bits per heavy atom. The lowest BCUT2D eigenvalue weighted by Gasteiger charge is -2.11. The van der Waals surface area contributed by atoms with Crippen LogP contribution in [0.2, 0.25) is 0 Å². The number of fused-ring (bicyclic) bond motifs is 1. The minimum atomic E-state index is -2.97. The highest BCUT2D eigenvalue weighted by Crippen LogP contribution is 2.26. The van der Waals surface area contributed by atoms with Gasteiger partial charge < -0.3 is 10.3 Å². The van der Waals surface area contributed by atoms with Crippen LogP contribution in [-0.4, -0.2) is 21.0 Å². The van der Waals surface area contributed by atoms with E-state index < -0.39 is 12.0 Å². The van der Waals surface area contributed by atoms with Crippen LogP contribution in [0.4, 0.5) is 25.1 Å². The number of nitrogens with one attached hydrogen (secondary N) is 3. The number of carbonyl (C=O) groups is 1. The van der Waals surface area contributed by atoms with Crippen LogP contribution in [0, 0.1) is 0 Å². The van der Waals surface area contributed by atoms with Crippen LogP contribution in [0.25, 0.3) is 10.9 Å². The highest BCUT2D eigenvalue weighted by molar-refractivity contribution is 6.05. The molecule has 3 aromatic heterocycles. The van der Waals surface area contributed by atoms with Gasteiger partial charge in [-0.3, -0.25) is 10.3 Å². The summed E-state index contributed by atoms with van der Waals surface area (Å²) in [5.41, 5.74) is 1.18. The lowest BCUT2D eigenvalue weighted by Crippen LogP contribution is -2.20. The van der Waals surface area contributed by atoms with Gasteiger partial charge in [-0.15, -0.1) is 0 Å². The largest absolute Gasteiger partial charge is 0.359 e. The zero-order valence-electron chi connectivity index (χ0n) is 12.1. The van der Waals surface area contributed by atoms with Crippen LogP contribution in [0.1, 0.15) is 12.5 Å². The Morgan fingerprint density at radius 2 is 2.04 bits per heavy atom. The molecule has 0 atom stereocenters. The van der Waals surface area contributed by atoms with Crippen molar-refractivity contribution in [3.05, 3.63) is 48.5 Å². The number of pyridine rings is 2. The molecule has 0 saturated carbocycles. The molecule has 118 valence electrons. The molecular weight excluding hydrogens is 304 g/mol. The fraction of sp³-hybridized carbons (Fsp3) is 0.133. The van der Waals surface area contributed by atoms with E-state index in [1.54, 1.807) is 24.7 Å². The lowest BCUT2D eigenvalue weighted by atomic mass is 10.2. The number of H-pyrrole nitrogens is 1. The van der Waals surface area contributed by atoms with E-state index in [0.717, 1.165) is 24.0 Å². The number of rotatable bonds is 3. The predicted octanol–water partition coefficient (Wildman–Crippen LogP) is 3.71. The number of amides is 2. The number of hydrogen-bond donors (Lipinski definition) is 3. The van der Waals surface area contributed by atoms with E-state index in [9.17, 15) is 13.6 Å². The molecule has 0 saturated heterocycles. The molecule has 6 nitrogen and oxygen atoms in total.